The van der Waals surface area contributed by atoms with Crippen molar-refractivity contribution < 1.29 is 9.47 Å². The first-order chi connectivity index (χ1) is 9.27. The van der Waals surface area contributed by atoms with E-state index in [1.165, 1.54) is 57.8 Å². The van der Waals surface area contributed by atoms with Crippen LogP contribution in [0.5, 0.6) is 0 Å². The van der Waals surface area contributed by atoms with Gasteiger partial charge in [-0.1, -0.05) is 19.3 Å². The van der Waals surface area contributed by atoms with E-state index in [1.807, 2.05) is 0 Å². The minimum Gasteiger partial charge on any atom is -0.377 e. The van der Waals surface area contributed by atoms with E-state index in [4.69, 9.17) is 9.47 Å². The van der Waals surface area contributed by atoms with Crippen LogP contribution in [0.2, 0.25) is 0 Å². The standard InChI is InChI=1S/C16H29NO2/c1-13(15-6-5-11-18-15)17-12-14-7-10-16(19-14)8-3-2-4-9-16/h13-15,17H,2-12H2,1H3. The molecule has 0 aromatic rings. The van der Waals surface area contributed by atoms with E-state index < -0.39 is 0 Å². The average molecular weight is 267 g/mol. The van der Waals surface area contributed by atoms with E-state index in [-0.39, 0.29) is 5.60 Å². The molecular formula is C16H29NO2. The van der Waals surface area contributed by atoms with Gasteiger partial charge in [-0.2, -0.15) is 0 Å². The molecule has 0 radical (unpaired) electrons. The fourth-order valence-corrected chi connectivity index (χ4v) is 4.05. The number of nitrogens with one attached hydrogen (secondary N) is 1. The van der Waals surface area contributed by atoms with E-state index >= 15 is 0 Å². The smallest absolute Gasteiger partial charge is 0.0726 e. The zero-order chi connectivity index (χ0) is 13.1. The van der Waals surface area contributed by atoms with Crippen LogP contribution in [0.25, 0.3) is 0 Å². The Bertz CT molecular complexity index is 282. The van der Waals surface area contributed by atoms with Gasteiger partial charge in [0.1, 0.15) is 0 Å². The summed E-state index contributed by atoms with van der Waals surface area (Å²) in [5.74, 6) is 0. The minimum atomic E-state index is 0.262. The highest BCUT2D eigenvalue weighted by molar-refractivity contribution is 4.92. The molecule has 0 amide bonds. The van der Waals surface area contributed by atoms with Crippen molar-refractivity contribution in [3.8, 4) is 0 Å². The van der Waals surface area contributed by atoms with E-state index in [0.29, 0.717) is 18.2 Å². The largest absolute Gasteiger partial charge is 0.377 e. The van der Waals surface area contributed by atoms with Crippen LogP contribution in [0, 0.1) is 0 Å². The number of ether oxygens (including phenoxy) is 2. The molecule has 3 aliphatic rings. The zero-order valence-corrected chi connectivity index (χ0v) is 12.3. The lowest BCUT2D eigenvalue weighted by atomic mass is 9.83. The highest BCUT2D eigenvalue weighted by atomic mass is 16.5. The summed E-state index contributed by atoms with van der Waals surface area (Å²) in [7, 11) is 0. The summed E-state index contributed by atoms with van der Waals surface area (Å²) in [5.41, 5.74) is 0.262. The lowest BCUT2D eigenvalue weighted by Crippen LogP contribution is -2.42. The van der Waals surface area contributed by atoms with Crippen molar-refractivity contribution in [3.63, 3.8) is 0 Å². The Morgan fingerprint density at radius 3 is 2.68 bits per heavy atom. The fraction of sp³-hybridized carbons (Fsp3) is 1.00. The van der Waals surface area contributed by atoms with Crippen molar-refractivity contribution in [2.45, 2.75) is 88.6 Å². The SMILES string of the molecule is CC(NCC1CCC2(CCCCC2)O1)C1CCCO1. The highest BCUT2D eigenvalue weighted by Gasteiger charge is 2.40. The molecule has 19 heavy (non-hydrogen) atoms. The van der Waals surface area contributed by atoms with Crippen molar-refractivity contribution in [2.24, 2.45) is 0 Å². The summed E-state index contributed by atoms with van der Waals surface area (Å²) in [6, 6.07) is 0.467. The zero-order valence-electron chi connectivity index (χ0n) is 12.3. The Balaban J connectivity index is 1.41. The Hall–Kier alpha value is -0.120. The molecule has 1 aliphatic carbocycles. The Morgan fingerprint density at radius 2 is 1.95 bits per heavy atom. The molecule has 3 unspecified atom stereocenters. The van der Waals surface area contributed by atoms with Gasteiger partial charge in [0.15, 0.2) is 0 Å². The molecule has 0 bridgehead atoms. The Labute approximate surface area is 117 Å². The van der Waals surface area contributed by atoms with Gasteiger partial charge < -0.3 is 14.8 Å². The van der Waals surface area contributed by atoms with Crippen LogP contribution in [0.1, 0.15) is 64.7 Å². The molecule has 3 heteroatoms. The first kappa shape index (κ1) is 13.8. The molecule has 3 nitrogen and oxygen atoms in total. The average Bonchev–Trinajstić information content (AvgIpc) is 3.08. The van der Waals surface area contributed by atoms with Gasteiger partial charge >= 0.3 is 0 Å². The second kappa shape index (κ2) is 6.11. The van der Waals surface area contributed by atoms with Gasteiger partial charge in [-0.05, 0) is 45.4 Å². The summed E-state index contributed by atoms with van der Waals surface area (Å²) in [6.45, 7) is 4.20. The normalized spacial score (nSPS) is 35.8. The molecule has 0 aromatic heterocycles. The van der Waals surface area contributed by atoms with E-state index in [1.54, 1.807) is 0 Å². The van der Waals surface area contributed by atoms with Gasteiger partial charge in [0.2, 0.25) is 0 Å². The molecule has 2 aliphatic heterocycles. The summed E-state index contributed by atoms with van der Waals surface area (Å²) < 4.78 is 12.1. The van der Waals surface area contributed by atoms with Gasteiger partial charge in [0.05, 0.1) is 17.8 Å². The third-order valence-corrected chi connectivity index (χ3v) is 5.29. The third kappa shape index (κ3) is 3.32. The first-order valence-electron chi connectivity index (χ1n) is 8.30. The van der Waals surface area contributed by atoms with Crippen molar-refractivity contribution in [1.29, 1.82) is 0 Å². The monoisotopic (exact) mass is 267 g/mol. The molecule has 3 fully saturated rings. The summed E-state index contributed by atoms with van der Waals surface area (Å²) in [4.78, 5) is 0. The first-order valence-corrected chi connectivity index (χ1v) is 8.30. The number of hydrogen-bond acceptors (Lipinski definition) is 3. The van der Waals surface area contributed by atoms with Crippen LogP contribution < -0.4 is 5.32 Å². The summed E-state index contributed by atoms with van der Waals surface area (Å²) in [6.07, 6.45) is 12.5. The Kier molecular flexibility index (Phi) is 4.45. The third-order valence-electron chi connectivity index (χ3n) is 5.29. The lowest BCUT2D eigenvalue weighted by Gasteiger charge is -2.33. The van der Waals surface area contributed by atoms with Crippen LogP contribution in [0.3, 0.4) is 0 Å². The number of rotatable bonds is 4. The van der Waals surface area contributed by atoms with Gasteiger partial charge in [-0.25, -0.2) is 0 Å². The molecule has 2 heterocycles. The number of hydrogen-bond donors (Lipinski definition) is 1. The van der Waals surface area contributed by atoms with Crippen LogP contribution >= 0.6 is 0 Å². The van der Waals surface area contributed by atoms with Gasteiger partial charge in [-0.15, -0.1) is 0 Å². The summed E-state index contributed by atoms with van der Waals surface area (Å²) in [5, 5.41) is 3.64. The maximum atomic E-state index is 6.40. The maximum absolute atomic E-state index is 6.40. The van der Waals surface area contributed by atoms with Crippen LogP contribution in [-0.4, -0.2) is 37.0 Å². The molecule has 1 saturated carbocycles. The van der Waals surface area contributed by atoms with Gasteiger partial charge in [-0.3, -0.25) is 0 Å². The molecule has 1 N–H and O–H groups in total. The van der Waals surface area contributed by atoms with Crippen LogP contribution in [0.4, 0.5) is 0 Å². The molecule has 3 rings (SSSR count). The van der Waals surface area contributed by atoms with Crippen LogP contribution in [0.15, 0.2) is 0 Å². The topological polar surface area (TPSA) is 30.5 Å². The van der Waals surface area contributed by atoms with Gasteiger partial charge in [0, 0.05) is 19.2 Å². The summed E-state index contributed by atoms with van der Waals surface area (Å²) >= 11 is 0. The predicted molar refractivity (Wildman–Crippen MR) is 76.4 cm³/mol. The minimum absolute atomic E-state index is 0.262. The molecule has 3 atom stereocenters. The molecular weight excluding hydrogens is 238 g/mol. The van der Waals surface area contributed by atoms with Crippen molar-refractivity contribution in [1.82, 2.24) is 5.32 Å². The second-order valence-corrected chi connectivity index (χ2v) is 6.77. The quantitative estimate of drug-likeness (QED) is 0.849. The fourth-order valence-electron chi connectivity index (χ4n) is 4.05. The van der Waals surface area contributed by atoms with Crippen molar-refractivity contribution in [2.75, 3.05) is 13.2 Å². The molecule has 0 aromatic carbocycles. The Morgan fingerprint density at radius 1 is 1.11 bits per heavy atom. The molecule has 2 saturated heterocycles. The second-order valence-electron chi connectivity index (χ2n) is 6.77. The highest BCUT2D eigenvalue weighted by Crippen LogP contribution is 2.41. The van der Waals surface area contributed by atoms with E-state index in [2.05, 4.69) is 12.2 Å². The van der Waals surface area contributed by atoms with E-state index in [0.717, 1.165) is 13.2 Å². The van der Waals surface area contributed by atoms with Crippen molar-refractivity contribution >= 4 is 0 Å². The molecule has 110 valence electrons. The molecule has 1 spiro atoms. The maximum Gasteiger partial charge on any atom is 0.0726 e. The van der Waals surface area contributed by atoms with Gasteiger partial charge in [0.25, 0.3) is 0 Å². The van der Waals surface area contributed by atoms with Crippen LogP contribution in [-0.2, 0) is 9.47 Å². The predicted octanol–water partition coefficient (Wildman–Crippen LogP) is 3.03. The van der Waals surface area contributed by atoms with Crippen molar-refractivity contribution in [3.05, 3.63) is 0 Å². The lowest BCUT2D eigenvalue weighted by molar-refractivity contribution is -0.0638. The van der Waals surface area contributed by atoms with E-state index in [9.17, 15) is 0 Å².